The number of benzene rings is 1. The number of hydroxylamine groups is 1. The molecule has 0 amide bonds. The summed E-state index contributed by atoms with van der Waals surface area (Å²) in [4.78, 5) is 17.7. The number of fused-ring (bicyclic) bond motifs is 2. The number of halogens is 1. The highest BCUT2D eigenvalue weighted by Crippen LogP contribution is 2.59. The number of carbonyl (C=O) groups excluding carboxylic acids is 1. The van der Waals surface area contributed by atoms with Crippen molar-refractivity contribution in [2.45, 2.75) is 25.9 Å². The number of carbonyl (C=O) groups is 1. The minimum Gasteiger partial charge on any atom is -0.466 e. The van der Waals surface area contributed by atoms with Gasteiger partial charge in [-0.15, -0.1) is 0 Å². The van der Waals surface area contributed by atoms with E-state index >= 15 is 0 Å². The lowest BCUT2D eigenvalue weighted by Gasteiger charge is -2.17. The van der Waals surface area contributed by atoms with Gasteiger partial charge in [0.05, 0.1) is 18.2 Å². The van der Waals surface area contributed by atoms with Crippen LogP contribution in [0.5, 0.6) is 0 Å². The van der Waals surface area contributed by atoms with E-state index in [1.54, 1.807) is 0 Å². The molecular weight excluding hydrogens is 302 g/mol. The molecule has 0 saturated heterocycles. The van der Waals surface area contributed by atoms with Crippen LogP contribution in [0.4, 0.5) is 0 Å². The summed E-state index contributed by atoms with van der Waals surface area (Å²) < 4.78 is 5.18. The maximum atomic E-state index is 12.0. The molecule has 2 aliphatic carbocycles. The van der Waals surface area contributed by atoms with Crippen LogP contribution < -0.4 is 5.48 Å². The summed E-state index contributed by atoms with van der Waals surface area (Å²) >= 11 is 5.95. The summed E-state index contributed by atoms with van der Waals surface area (Å²) in [6.45, 7) is 2.31. The second-order valence-corrected chi connectivity index (χ2v) is 6.60. The van der Waals surface area contributed by atoms with E-state index in [2.05, 4.69) is 5.48 Å². The summed E-state index contributed by atoms with van der Waals surface area (Å²) in [5.41, 5.74) is 6.45. The largest absolute Gasteiger partial charge is 0.466 e. The predicted molar refractivity (Wildman–Crippen MR) is 82.7 cm³/mol. The van der Waals surface area contributed by atoms with Gasteiger partial charge in [0.25, 0.3) is 0 Å². The second kappa shape index (κ2) is 5.28. The van der Waals surface area contributed by atoms with E-state index in [0.29, 0.717) is 18.4 Å². The van der Waals surface area contributed by atoms with Gasteiger partial charge in [0.15, 0.2) is 0 Å². The Morgan fingerprint density at radius 3 is 2.86 bits per heavy atom. The Bertz CT molecular complexity index is 640. The van der Waals surface area contributed by atoms with E-state index in [9.17, 15) is 4.79 Å². The molecule has 5 heteroatoms. The first-order valence-electron chi connectivity index (χ1n) is 7.76. The van der Waals surface area contributed by atoms with E-state index in [1.165, 1.54) is 5.57 Å². The van der Waals surface area contributed by atoms with Gasteiger partial charge in [-0.1, -0.05) is 23.7 Å². The molecule has 3 aliphatic rings. The maximum Gasteiger partial charge on any atom is 0.309 e. The molecule has 4 unspecified atom stereocenters. The zero-order valence-corrected chi connectivity index (χ0v) is 13.1. The van der Waals surface area contributed by atoms with Crippen molar-refractivity contribution in [1.29, 1.82) is 0 Å². The molecule has 1 aromatic rings. The van der Waals surface area contributed by atoms with Gasteiger partial charge in [-0.3, -0.25) is 15.1 Å². The third-order valence-electron chi connectivity index (χ3n) is 4.98. The summed E-state index contributed by atoms with van der Waals surface area (Å²) in [6.07, 6.45) is 1.88. The van der Waals surface area contributed by atoms with Crippen LogP contribution >= 0.6 is 11.6 Å². The van der Waals surface area contributed by atoms with Gasteiger partial charge in [-0.2, -0.15) is 0 Å². The Labute approximate surface area is 134 Å². The van der Waals surface area contributed by atoms with Gasteiger partial charge in [-0.05, 0) is 49.3 Å². The molecule has 1 heterocycles. The van der Waals surface area contributed by atoms with Gasteiger partial charge in [-0.25, -0.2) is 0 Å². The van der Waals surface area contributed by atoms with Crippen molar-refractivity contribution < 1.29 is 14.4 Å². The van der Waals surface area contributed by atoms with Crippen molar-refractivity contribution in [3.05, 3.63) is 40.4 Å². The number of hydrogen-bond acceptors (Lipinski definition) is 4. The van der Waals surface area contributed by atoms with E-state index < -0.39 is 0 Å². The molecule has 1 aromatic carbocycles. The smallest absolute Gasteiger partial charge is 0.309 e. The van der Waals surface area contributed by atoms with Gasteiger partial charge < -0.3 is 4.74 Å². The van der Waals surface area contributed by atoms with E-state index in [4.69, 9.17) is 21.2 Å². The van der Waals surface area contributed by atoms with E-state index in [-0.39, 0.29) is 18.0 Å². The zero-order valence-electron chi connectivity index (χ0n) is 12.3. The normalized spacial score (nSPS) is 32.1. The predicted octanol–water partition coefficient (Wildman–Crippen LogP) is 3.17. The number of rotatable bonds is 3. The molecule has 0 bridgehead atoms. The van der Waals surface area contributed by atoms with Crippen LogP contribution in [0.25, 0.3) is 5.70 Å². The van der Waals surface area contributed by atoms with Crippen LogP contribution in [0, 0.1) is 17.8 Å². The van der Waals surface area contributed by atoms with Crippen LogP contribution in [-0.2, 0) is 14.4 Å². The lowest BCUT2D eigenvalue weighted by Crippen LogP contribution is -2.18. The third-order valence-corrected chi connectivity index (χ3v) is 5.23. The Hall–Kier alpha value is -1.52. The molecule has 116 valence electrons. The first kappa shape index (κ1) is 14.1. The Morgan fingerprint density at radius 1 is 1.36 bits per heavy atom. The quantitative estimate of drug-likeness (QED) is 0.869. The van der Waals surface area contributed by atoms with Gasteiger partial charge in [0, 0.05) is 10.6 Å². The zero-order chi connectivity index (χ0) is 15.3. The van der Waals surface area contributed by atoms with E-state index in [0.717, 1.165) is 29.1 Å². The van der Waals surface area contributed by atoms with Crippen molar-refractivity contribution in [3.8, 4) is 0 Å². The molecule has 2 saturated carbocycles. The third kappa shape index (κ3) is 2.22. The fraction of sp³-hybridized carbons (Fsp3) is 0.471. The maximum absolute atomic E-state index is 12.0. The highest BCUT2D eigenvalue weighted by atomic mass is 35.5. The van der Waals surface area contributed by atoms with Crippen LogP contribution in [0.2, 0.25) is 5.02 Å². The fourth-order valence-corrected chi connectivity index (χ4v) is 3.97. The van der Waals surface area contributed by atoms with Gasteiger partial charge in [0.2, 0.25) is 0 Å². The first-order valence-corrected chi connectivity index (χ1v) is 8.14. The Kier molecular flexibility index (Phi) is 3.39. The Morgan fingerprint density at radius 2 is 2.14 bits per heavy atom. The summed E-state index contributed by atoms with van der Waals surface area (Å²) in [7, 11) is 0. The van der Waals surface area contributed by atoms with Crippen LogP contribution in [-0.4, -0.2) is 18.7 Å². The van der Waals surface area contributed by atoms with Crippen LogP contribution in [0.15, 0.2) is 29.8 Å². The second-order valence-electron chi connectivity index (χ2n) is 6.16. The van der Waals surface area contributed by atoms with Crippen LogP contribution in [0.1, 0.15) is 25.3 Å². The highest BCUT2D eigenvalue weighted by Gasteiger charge is 2.60. The lowest BCUT2D eigenvalue weighted by molar-refractivity contribution is -0.145. The highest BCUT2D eigenvalue weighted by molar-refractivity contribution is 6.30. The molecule has 0 radical (unpaired) electrons. The molecule has 4 nitrogen and oxygen atoms in total. The Balaban J connectivity index is 1.57. The molecular formula is C17H18ClNO3. The minimum atomic E-state index is -0.0425. The number of hydrogen-bond donors (Lipinski definition) is 1. The van der Waals surface area contributed by atoms with Crippen molar-refractivity contribution in [2.75, 3.05) is 6.61 Å². The molecule has 2 fully saturated rings. The molecule has 0 spiro atoms. The van der Waals surface area contributed by atoms with Crippen molar-refractivity contribution in [2.24, 2.45) is 17.8 Å². The number of ether oxygens (including phenoxy) is 1. The van der Waals surface area contributed by atoms with Crippen LogP contribution in [0.3, 0.4) is 0 Å². The fourth-order valence-electron chi connectivity index (χ4n) is 3.85. The lowest BCUT2D eigenvalue weighted by atomic mass is 9.90. The molecule has 4 rings (SSSR count). The minimum absolute atomic E-state index is 0.0425. The molecule has 22 heavy (non-hydrogen) atoms. The SMILES string of the molecule is CCOC(=O)C1C2CC3=C(c4ccc(Cl)cc4)NOC3CC21. The molecule has 1 N–H and O–H groups in total. The van der Waals surface area contributed by atoms with Crippen molar-refractivity contribution in [3.63, 3.8) is 0 Å². The molecule has 0 aromatic heterocycles. The summed E-state index contributed by atoms with van der Waals surface area (Å²) in [5, 5.41) is 0.720. The monoisotopic (exact) mass is 319 g/mol. The summed E-state index contributed by atoms with van der Waals surface area (Å²) in [5.74, 6) is 0.850. The van der Waals surface area contributed by atoms with E-state index in [1.807, 2.05) is 31.2 Å². The van der Waals surface area contributed by atoms with Crippen molar-refractivity contribution in [1.82, 2.24) is 5.48 Å². The standard InChI is InChI=1S/C17H18ClNO3/c1-2-21-17(20)15-11-7-13-14(8-12(11)15)22-19-16(13)9-3-5-10(18)6-4-9/h3-6,11-12,14-15,19H,2,7-8H2,1H3. The summed E-state index contributed by atoms with van der Waals surface area (Å²) in [6, 6.07) is 7.74. The van der Waals surface area contributed by atoms with Gasteiger partial charge >= 0.3 is 5.97 Å². The van der Waals surface area contributed by atoms with Gasteiger partial charge in [0.1, 0.15) is 6.10 Å². The molecule has 1 aliphatic heterocycles. The van der Waals surface area contributed by atoms with Crippen molar-refractivity contribution >= 4 is 23.3 Å². The average Bonchev–Trinajstić information content (AvgIpc) is 3.07. The number of nitrogens with one attached hydrogen (secondary N) is 1. The first-order chi connectivity index (χ1) is 10.7. The number of esters is 1. The molecule has 4 atom stereocenters. The topological polar surface area (TPSA) is 47.6 Å². The average molecular weight is 320 g/mol.